The second-order valence-electron chi connectivity index (χ2n) is 0.447. The van der Waals surface area contributed by atoms with Crippen LogP contribution in [0.2, 0.25) is 0 Å². The first-order valence-corrected chi connectivity index (χ1v) is 2.03. The molecule has 0 saturated carbocycles. The van der Waals surface area contributed by atoms with Crippen LogP contribution in [0.5, 0.6) is 0 Å². The summed E-state index contributed by atoms with van der Waals surface area (Å²) in [5.74, 6) is 0. The summed E-state index contributed by atoms with van der Waals surface area (Å²) in [4.78, 5) is 0. The standard InChI is InChI=1S/Al.ClHO5.Mg.5H/c;2-1(3,4)6-5;;;;;;/h;5H;;;;;;/q;;+2;;;;2*-1. The Labute approximate surface area is 77.2 Å². The van der Waals surface area contributed by atoms with Gasteiger partial charge in [-0.1, -0.05) is 0 Å². The van der Waals surface area contributed by atoms with Gasteiger partial charge in [-0.3, -0.25) is 0 Å². The van der Waals surface area contributed by atoms with Gasteiger partial charge >= 0.3 is 23.1 Å². The predicted octanol–water partition coefficient (Wildman–Crippen LogP) is -4.97. The number of hydrogen-bond donors (Lipinski definition) is 1. The summed E-state index contributed by atoms with van der Waals surface area (Å²) >= 11 is 0. The minimum absolute atomic E-state index is 0. The second-order valence-corrected chi connectivity index (χ2v) is 1.34. The van der Waals surface area contributed by atoms with Gasteiger partial charge < -0.3 is 2.85 Å². The quantitative estimate of drug-likeness (QED) is 0.243. The van der Waals surface area contributed by atoms with Crippen LogP contribution in [0.1, 0.15) is 2.85 Å². The Balaban J connectivity index is -0.0000000208. The van der Waals surface area contributed by atoms with Crippen LogP contribution >= 0.6 is 0 Å². The van der Waals surface area contributed by atoms with E-state index in [9.17, 15) is 0 Å². The molecule has 0 unspecified atom stereocenters. The van der Waals surface area contributed by atoms with E-state index in [1.165, 1.54) is 0 Å². The van der Waals surface area contributed by atoms with Crippen molar-refractivity contribution in [2.24, 2.45) is 0 Å². The molecule has 5 nitrogen and oxygen atoms in total. The monoisotopic (exact) mass is 172 g/mol. The molecule has 0 aliphatic carbocycles. The van der Waals surface area contributed by atoms with Crippen molar-refractivity contribution in [3.05, 3.63) is 0 Å². The smallest absolute Gasteiger partial charge is 1.00 e. The van der Waals surface area contributed by atoms with Crippen molar-refractivity contribution in [1.29, 1.82) is 0 Å². The molecule has 0 aromatic carbocycles. The molecular formula is H6AlClMgO5. The van der Waals surface area contributed by atoms with Crippen molar-refractivity contribution in [3.8, 4) is 0 Å². The third-order valence-electron chi connectivity index (χ3n) is 0.0845. The third-order valence-corrected chi connectivity index (χ3v) is 0.254. The molecule has 0 radical (unpaired) electrons. The average molecular weight is 173 g/mol. The molecule has 0 aromatic rings. The fourth-order valence-corrected chi connectivity index (χ4v) is 0. The van der Waals surface area contributed by atoms with Crippen molar-refractivity contribution < 1.29 is 36.8 Å². The van der Waals surface area contributed by atoms with Crippen molar-refractivity contribution in [3.63, 3.8) is 0 Å². The molecule has 0 bridgehead atoms. The van der Waals surface area contributed by atoms with Crippen LogP contribution in [0.3, 0.4) is 0 Å². The van der Waals surface area contributed by atoms with Gasteiger partial charge in [0.2, 0.25) is 0 Å². The van der Waals surface area contributed by atoms with Crippen LogP contribution in [0.25, 0.3) is 0 Å². The van der Waals surface area contributed by atoms with E-state index in [-0.39, 0.29) is 43.3 Å². The molecule has 0 heterocycles. The predicted molar refractivity (Wildman–Crippen MR) is 21.6 cm³/mol. The Morgan fingerprint density at radius 3 is 1.50 bits per heavy atom. The first-order valence-electron chi connectivity index (χ1n) is 0.800. The molecular weight excluding hydrogens is 167 g/mol. The summed E-state index contributed by atoms with van der Waals surface area (Å²) < 4.78 is 29.2. The van der Waals surface area contributed by atoms with Crippen LogP contribution in [-0.4, -0.2) is 45.7 Å². The summed E-state index contributed by atoms with van der Waals surface area (Å²) in [6.45, 7) is 0. The molecule has 0 aliphatic rings. The van der Waals surface area contributed by atoms with E-state index < -0.39 is 10.2 Å². The van der Waals surface area contributed by atoms with Gasteiger partial charge in [0.05, 0.1) is 0 Å². The Morgan fingerprint density at radius 2 is 1.50 bits per heavy atom. The van der Waals surface area contributed by atoms with E-state index in [1.807, 2.05) is 0 Å². The summed E-state index contributed by atoms with van der Waals surface area (Å²) in [6, 6.07) is 0. The van der Waals surface area contributed by atoms with Gasteiger partial charge in [0, 0.05) is 0 Å². The van der Waals surface area contributed by atoms with Crippen molar-refractivity contribution >= 4 is 40.4 Å². The minimum atomic E-state index is -4.62. The first-order chi connectivity index (χ1) is 2.56. The molecule has 48 valence electrons. The first kappa shape index (κ1) is 16.2. The molecule has 0 amide bonds. The van der Waals surface area contributed by atoms with Crippen LogP contribution in [-0.2, 0) is 4.44 Å². The summed E-state index contributed by atoms with van der Waals surface area (Å²) in [6.07, 6.45) is 0. The van der Waals surface area contributed by atoms with E-state index in [2.05, 4.69) is 4.44 Å². The van der Waals surface area contributed by atoms with Gasteiger partial charge in [0.15, 0.2) is 17.4 Å². The van der Waals surface area contributed by atoms with Crippen LogP contribution < -0.4 is 14.0 Å². The molecule has 0 fully saturated rings. The normalized spacial score (nSPS) is 9.00. The molecule has 8 heavy (non-hydrogen) atoms. The molecule has 0 spiro atoms. The van der Waals surface area contributed by atoms with E-state index >= 15 is 0 Å². The number of rotatable bonds is 1. The summed E-state index contributed by atoms with van der Waals surface area (Å²) in [5.41, 5.74) is 0. The van der Waals surface area contributed by atoms with Gasteiger partial charge in [-0.2, -0.15) is 14.0 Å². The van der Waals surface area contributed by atoms with E-state index in [4.69, 9.17) is 19.2 Å². The molecule has 0 aliphatic heterocycles. The molecule has 0 atom stereocenters. The maximum atomic E-state index is 8.94. The zero-order valence-electron chi connectivity index (χ0n) is 5.17. The largest absolute Gasteiger partial charge is 2.00 e. The Kier molecular flexibility index (Phi) is 13.2. The third kappa shape index (κ3) is 15.7. The van der Waals surface area contributed by atoms with Crippen molar-refractivity contribution in [1.82, 2.24) is 0 Å². The maximum Gasteiger partial charge on any atom is 2.00 e. The Morgan fingerprint density at radius 1 is 1.38 bits per heavy atom. The molecule has 0 rings (SSSR count). The minimum Gasteiger partial charge on any atom is -1.00 e. The topological polar surface area (TPSA) is 98.6 Å². The molecule has 0 saturated heterocycles. The zero-order valence-corrected chi connectivity index (χ0v) is 5.34. The SMILES string of the molecule is [AlH3].[H-].[H-].[Mg+2].[O-][Cl+3]([O-])([O-])OO. The average Bonchev–Trinajstić information content (AvgIpc) is 1.35. The molecule has 0 aromatic heterocycles. The van der Waals surface area contributed by atoms with E-state index in [1.54, 1.807) is 0 Å². The number of hydrogen-bond acceptors (Lipinski definition) is 5. The fraction of sp³-hybridized carbons (Fsp3) is 0. The number of halogens is 1. The maximum absolute atomic E-state index is 8.94. The van der Waals surface area contributed by atoms with Gasteiger partial charge in [0.25, 0.3) is 4.44 Å². The van der Waals surface area contributed by atoms with E-state index in [0.29, 0.717) is 0 Å². The van der Waals surface area contributed by atoms with Crippen LogP contribution in [0.4, 0.5) is 0 Å². The van der Waals surface area contributed by atoms with Crippen molar-refractivity contribution in [2.75, 3.05) is 0 Å². The van der Waals surface area contributed by atoms with Gasteiger partial charge in [-0.05, 0) is 0 Å². The fourth-order valence-electron chi connectivity index (χ4n) is 0. The Hall–Kier alpha value is 1.39. The van der Waals surface area contributed by atoms with Gasteiger partial charge in [-0.25, -0.2) is 0 Å². The summed E-state index contributed by atoms with van der Waals surface area (Å²) in [7, 11) is -4.62. The molecule has 8 heteroatoms. The zero-order chi connectivity index (χ0) is 5.21. The van der Waals surface area contributed by atoms with Gasteiger partial charge in [0.1, 0.15) is 10.2 Å². The van der Waals surface area contributed by atoms with Crippen LogP contribution in [0, 0.1) is 10.2 Å². The van der Waals surface area contributed by atoms with Crippen LogP contribution in [0.15, 0.2) is 0 Å². The second kappa shape index (κ2) is 6.51. The van der Waals surface area contributed by atoms with E-state index in [0.717, 1.165) is 0 Å². The van der Waals surface area contributed by atoms with Crippen molar-refractivity contribution in [2.45, 2.75) is 0 Å². The Bertz CT molecular complexity index is 49.4. The summed E-state index contributed by atoms with van der Waals surface area (Å²) in [5, 5.41) is 6.99. The molecule has 1 N–H and O–H groups in total. The van der Waals surface area contributed by atoms with Gasteiger partial charge in [-0.15, -0.1) is 5.26 Å².